The van der Waals surface area contributed by atoms with Gasteiger partial charge >= 0.3 is 0 Å². The van der Waals surface area contributed by atoms with Gasteiger partial charge in [0.2, 0.25) is 18.6 Å². The third-order valence-corrected chi connectivity index (χ3v) is 5.64. The molecule has 156 valence electrons. The summed E-state index contributed by atoms with van der Waals surface area (Å²) < 4.78 is 19.6. The fraction of sp³-hybridized carbons (Fsp3) is 0.200. The van der Waals surface area contributed by atoms with E-state index in [-0.39, 0.29) is 12.7 Å². The molecular weight excluding hydrogens is 418 g/mol. The van der Waals surface area contributed by atoms with Gasteiger partial charge in [-0.1, -0.05) is 0 Å². The molecule has 10 nitrogen and oxygen atoms in total. The van der Waals surface area contributed by atoms with Crippen LogP contribution in [0, 0.1) is 0 Å². The number of hydrogen-bond acceptors (Lipinski definition) is 9. The topological polar surface area (TPSA) is 119 Å². The number of thiol groups is 1. The first-order valence-electron chi connectivity index (χ1n) is 9.70. The molecule has 2 N–H and O–H groups in total. The molecule has 6 rings (SSSR count). The molecule has 1 aliphatic heterocycles. The summed E-state index contributed by atoms with van der Waals surface area (Å²) in [6.07, 6.45) is 4.96. The highest BCUT2D eigenvalue weighted by Gasteiger charge is 2.18. The number of anilines is 1. The molecular formula is C20H17N7O3S. The summed E-state index contributed by atoms with van der Waals surface area (Å²) in [6.45, 7) is 0.907. The Bertz CT molecular complexity index is 1420. The molecule has 0 fully saturated rings. The first kappa shape index (κ1) is 18.1. The third kappa shape index (κ3) is 2.96. The van der Waals surface area contributed by atoms with Crippen LogP contribution < -0.4 is 15.2 Å². The zero-order valence-corrected chi connectivity index (χ0v) is 17.1. The third-order valence-electron chi connectivity index (χ3n) is 5.23. The summed E-state index contributed by atoms with van der Waals surface area (Å²) in [6, 6.07) is 7.46. The lowest BCUT2D eigenvalue weighted by atomic mass is 10.1. The van der Waals surface area contributed by atoms with E-state index >= 15 is 0 Å². The summed E-state index contributed by atoms with van der Waals surface area (Å²) in [5.74, 6) is 2.74. The summed E-state index contributed by atoms with van der Waals surface area (Å²) >= 11 is 4.57. The van der Waals surface area contributed by atoms with Gasteiger partial charge in [-0.15, -0.1) is 17.7 Å². The highest BCUT2D eigenvalue weighted by atomic mass is 32.1. The molecule has 0 amide bonds. The maximum atomic E-state index is 6.15. The minimum Gasteiger partial charge on any atom is -0.461 e. The van der Waals surface area contributed by atoms with Crippen molar-refractivity contribution in [1.29, 1.82) is 0 Å². The Morgan fingerprint density at radius 3 is 2.84 bits per heavy atom. The minimum atomic E-state index is 0.239. The van der Waals surface area contributed by atoms with Gasteiger partial charge in [0, 0.05) is 11.4 Å². The fourth-order valence-corrected chi connectivity index (χ4v) is 4.02. The number of benzene rings is 1. The van der Waals surface area contributed by atoms with Crippen molar-refractivity contribution in [2.45, 2.75) is 24.3 Å². The molecule has 5 heterocycles. The zero-order chi connectivity index (χ0) is 20.9. The van der Waals surface area contributed by atoms with Crippen LogP contribution in [0.3, 0.4) is 0 Å². The number of nitrogens with zero attached hydrogens (tertiary/aromatic N) is 6. The second kappa shape index (κ2) is 6.91. The number of fused-ring (bicyclic) bond motifs is 4. The van der Waals surface area contributed by atoms with E-state index in [9.17, 15) is 0 Å². The summed E-state index contributed by atoms with van der Waals surface area (Å²) in [5.41, 5.74) is 8.51. The van der Waals surface area contributed by atoms with Gasteiger partial charge in [0.25, 0.3) is 0 Å². The van der Waals surface area contributed by atoms with Gasteiger partial charge in [-0.25, -0.2) is 9.67 Å². The number of nitrogens with two attached hydrogens (primary N) is 1. The quantitative estimate of drug-likeness (QED) is 0.405. The van der Waals surface area contributed by atoms with Gasteiger partial charge in [-0.3, -0.25) is 0 Å². The van der Waals surface area contributed by atoms with E-state index in [4.69, 9.17) is 19.6 Å². The number of furan rings is 1. The second-order valence-corrected chi connectivity index (χ2v) is 7.64. The molecule has 31 heavy (non-hydrogen) atoms. The van der Waals surface area contributed by atoms with Crippen molar-refractivity contribution < 1.29 is 13.9 Å². The van der Waals surface area contributed by atoms with Crippen molar-refractivity contribution in [2.75, 3.05) is 12.5 Å². The number of nitrogen functional groups attached to an aromatic ring is 1. The molecule has 0 saturated carbocycles. The lowest BCUT2D eigenvalue weighted by molar-refractivity contribution is 0.174. The monoisotopic (exact) mass is 435 g/mol. The van der Waals surface area contributed by atoms with Crippen LogP contribution in [-0.4, -0.2) is 36.2 Å². The predicted octanol–water partition coefficient (Wildman–Crippen LogP) is 2.97. The molecule has 0 spiro atoms. The molecule has 1 aromatic carbocycles. The maximum absolute atomic E-state index is 6.15. The number of rotatable bonds is 5. The largest absolute Gasteiger partial charge is 0.461 e. The van der Waals surface area contributed by atoms with Crippen LogP contribution in [0.4, 0.5) is 5.95 Å². The summed E-state index contributed by atoms with van der Waals surface area (Å²) in [7, 11) is 0. The molecule has 0 aliphatic carbocycles. The molecule has 11 heteroatoms. The van der Waals surface area contributed by atoms with E-state index in [1.54, 1.807) is 24.6 Å². The van der Waals surface area contributed by atoms with E-state index in [0.717, 1.165) is 40.2 Å². The van der Waals surface area contributed by atoms with Gasteiger partial charge in [0.05, 0.1) is 17.8 Å². The molecule has 0 atom stereocenters. The molecule has 0 bridgehead atoms. The lowest BCUT2D eigenvalue weighted by Gasteiger charge is -2.08. The first-order valence-corrected chi connectivity index (χ1v) is 10.2. The smallest absolute Gasteiger partial charge is 0.231 e. The van der Waals surface area contributed by atoms with Crippen molar-refractivity contribution in [2.24, 2.45) is 0 Å². The van der Waals surface area contributed by atoms with Crippen molar-refractivity contribution in [3.63, 3.8) is 0 Å². The van der Waals surface area contributed by atoms with Crippen LogP contribution in [-0.2, 0) is 13.0 Å². The molecule has 5 aromatic rings. The van der Waals surface area contributed by atoms with Crippen molar-refractivity contribution in [3.8, 4) is 23.1 Å². The molecule has 1 aliphatic rings. The Hall–Kier alpha value is -3.73. The van der Waals surface area contributed by atoms with E-state index in [2.05, 4.69) is 32.8 Å². The van der Waals surface area contributed by atoms with Crippen molar-refractivity contribution in [1.82, 2.24) is 29.4 Å². The average Bonchev–Trinajstić information content (AvgIpc) is 3.54. The van der Waals surface area contributed by atoms with Crippen LogP contribution >= 0.6 is 12.6 Å². The van der Waals surface area contributed by atoms with Crippen LogP contribution in [0.1, 0.15) is 12.0 Å². The Morgan fingerprint density at radius 2 is 2.00 bits per heavy atom. The number of ether oxygens (including phenoxy) is 2. The fourth-order valence-electron chi connectivity index (χ4n) is 3.72. The lowest BCUT2D eigenvalue weighted by Crippen LogP contribution is -2.07. The Balaban J connectivity index is 1.28. The summed E-state index contributed by atoms with van der Waals surface area (Å²) in [4.78, 5) is 9.97. The van der Waals surface area contributed by atoms with Crippen LogP contribution in [0.2, 0.25) is 0 Å². The molecule has 0 saturated heterocycles. The average molecular weight is 435 g/mol. The Morgan fingerprint density at radius 1 is 1.13 bits per heavy atom. The SMILES string of the molecule is Nc1nc2c(cnn2CCCc2cc3c(cc2S)OCO3)c2nc(-c3ccco3)nn12. The van der Waals surface area contributed by atoms with Crippen molar-refractivity contribution >= 4 is 35.3 Å². The van der Waals surface area contributed by atoms with Gasteiger partial charge < -0.3 is 19.6 Å². The van der Waals surface area contributed by atoms with Crippen LogP contribution in [0.5, 0.6) is 11.5 Å². The Kier molecular flexibility index (Phi) is 4.03. The van der Waals surface area contributed by atoms with Crippen LogP contribution in [0.15, 0.2) is 46.0 Å². The van der Waals surface area contributed by atoms with Crippen LogP contribution in [0.25, 0.3) is 28.3 Å². The molecule has 0 unspecified atom stereocenters. The van der Waals surface area contributed by atoms with E-state index in [1.165, 1.54) is 4.52 Å². The first-order chi connectivity index (χ1) is 15.2. The number of aryl methyl sites for hydroxylation is 2. The number of hydrogen-bond donors (Lipinski definition) is 2. The normalized spacial score (nSPS) is 12.9. The van der Waals surface area contributed by atoms with E-state index < -0.39 is 0 Å². The van der Waals surface area contributed by atoms with Gasteiger partial charge in [-0.05, 0) is 42.7 Å². The zero-order valence-electron chi connectivity index (χ0n) is 16.2. The highest BCUT2D eigenvalue weighted by Crippen LogP contribution is 2.36. The van der Waals surface area contributed by atoms with E-state index in [1.807, 2.05) is 16.8 Å². The second-order valence-electron chi connectivity index (χ2n) is 7.16. The van der Waals surface area contributed by atoms with Crippen molar-refractivity contribution in [3.05, 3.63) is 42.3 Å². The Labute approximate surface area is 181 Å². The van der Waals surface area contributed by atoms with Gasteiger partial charge in [-0.2, -0.15) is 14.6 Å². The molecule has 0 radical (unpaired) electrons. The molecule has 4 aromatic heterocycles. The minimum absolute atomic E-state index is 0.239. The van der Waals surface area contributed by atoms with E-state index in [0.29, 0.717) is 29.4 Å². The van der Waals surface area contributed by atoms with Gasteiger partial charge in [0.15, 0.2) is 28.6 Å². The maximum Gasteiger partial charge on any atom is 0.231 e. The predicted molar refractivity (Wildman–Crippen MR) is 114 cm³/mol. The standard InChI is InChI=1S/C20H17N7O3S/c21-20-24-18-12(19-23-17(25-27(19)20)13-4-2-6-28-13)9-22-26(18)5-1-3-11-7-14-15(8-16(11)31)30-10-29-14/h2,4,6-9,31H,1,3,5,10H2,(H2,21,24). The van der Waals surface area contributed by atoms with Gasteiger partial charge in [0.1, 0.15) is 0 Å². The number of aromatic nitrogens is 6. The summed E-state index contributed by atoms with van der Waals surface area (Å²) in [5, 5.41) is 9.69. The highest BCUT2D eigenvalue weighted by molar-refractivity contribution is 7.80.